The number of aryl methyl sites for hydroxylation is 1. The van der Waals surface area contributed by atoms with Gasteiger partial charge < -0.3 is 5.73 Å². The van der Waals surface area contributed by atoms with Crippen LogP contribution in [0, 0.1) is 18.7 Å². The summed E-state index contributed by atoms with van der Waals surface area (Å²) >= 11 is 0. The van der Waals surface area contributed by atoms with E-state index in [9.17, 15) is 4.39 Å². The second kappa shape index (κ2) is 4.95. The van der Waals surface area contributed by atoms with Gasteiger partial charge in [0.2, 0.25) is 0 Å². The Hall–Kier alpha value is -0.600. The van der Waals surface area contributed by atoms with E-state index in [4.69, 9.17) is 5.73 Å². The summed E-state index contributed by atoms with van der Waals surface area (Å²) < 4.78 is 13.3. The summed E-state index contributed by atoms with van der Waals surface area (Å²) in [7, 11) is 0. The normalized spacial score (nSPS) is 17.8. The molecule has 0 bridgehead atoms. The predicted octanol–water partition coefficient (Wildman–Crippen LogP) is 3.36. The first-order chi connectivity index (χ1) is 6.68. The van der Waals surface area contributed by atoms with Gasteiger partial charge in [0.15, 0.2) is 0 Å². The smallest absolute Gasteiger partial charge is 0.126 e. The number of rotatable bonds is 2. The number of nitrogens with two attached hydrogens (primary N) is 1. The van der Waals surface area contributed by atoms with Crippen LogP contribution in [0.2, 0.25) is 0 Å². The molecule has 1 saturated carbocycles. The third kappa shape index (κ3) is 2.50. The molecule has 1 aliphatic carbocycles. The van der Waals surface area contributed by atoms with E-state index in [0.29, 0.717) is 11.5 Å². The van der Waals surface area contributed by atoms with Gasteiger partial charge in [-0.05, 0) is 42.9 Å². The molecule has 1 atom stereocenters. The van der Waals surface area contributed by atoms with Crippen LogP contribution in [-0.2, 0) is 0 Å². The molecule has 0 amide bonds. The molecule has 1 aromatic rings. The second-order valence-electron chi connectivity index (χ2n) is 4.23. The van der Waals surface area contributed by atoms with Gasteiger partial charge in [-0.25, -0.2) is 4.39 Å². The average molecular weight is 230 g/mol. The zero-order valence-corrected chi connectivity index (χ0v) is 9.69. The van der Waals surface area contributed by atoms with Gasteiger partial charge >= 0.3 is 0 Å². The largest absolute Gasteiger partial charge is 0.324 e. The fraction of sp³-hybridized carbons (Fsp3) is 0.500. The Labute approximate surface area is 96.3 Å². The van der Waals surface area contributed by atoms with Crippen LogP contribution in [0.4, 0.5) is 4.39 Å². The van der Waals surface area contributed by atoms with Crippen molar-refractivity contribution in [3.05, 3.63) is 35.1 Å². The van der Waals surface area contributed by atoms with Crippen molar-refractivity contribution in [3.8, 4) is 0 Å². The molecule has 1 fully saturated rings. The van der Waals surface area contributed by atoms with Crippen molar-refractivity contribution in [1.29, 1.82) is 0 Å². The molecule has 0 saturated heterocycles. The lowest BCUT2D eigenvalue weighted by Gasteiger charge is -2.31. The van der Waals surface area contributed by atoms with Crippen LogP contribution in [0.1, 0.15) is 36.4 Å². The maximum atomic E-state index is 13.3. The van der Waals surface area contributed by atoms with Gasteiger partial charge in [-0.1, -0.05) is 18.6 Å². The van der Waals surface area contributed by atoms with E-state index in [1.165, 1.54) is 19.3 Å². The molecule has 15 heavy (non-hydrogen) atoms. The first-order valence-corrected chi connectivity index (χ1v) is 5.20. The number of hydrogen-bond acceptors (Lipinski definition) is 1. The highest BCUT2D eigenvalue weighted by molar-refractivity contribution is 5.85. The minimum atomic E-state index is -0.141. The zero-order valence-electron chi connectivity index (χ0n) is 8.87. The van der Waals surface area contributed by atoms with Crippen molar-refractivity contribution in [3.63, 3.8) is 0 Å². The van der Waals surface area contributed by atoms with Crippen LogP contribution < -0.4 is 5.73 Å². The van der Waals surface area contributed by atoms with Gasteiger partial charge in [-0.15, -0.1) is 12.4 Å². The van der Waals surface area contributed by atoms with Crippen LogP contribution >= 0.6 is 12.4 Å². The van der Waals surface area contributed by atoms with Crippen molar-refractivity contribution in [2.75, 3.05) is 0 Å². The number of benzene rings is 1. The lowest BCUT2D eigenvalue weighted by atomic mass is 9.77. The topological polar surface area (TPSA) is 26.0 Å². The number of halogens is 2. The quantitative estimate of drug-likeness (QED) is 0.827. The SMILES string of the molecule is Cc1ccc([C@@H](N)C2CCC2)cc1F.Cl. The van der Waals surface area contributed by atoms with Crippen LogP contribution in [0.5, 0.6) is 0 Å². The van der Waals surface area contributed by atoms with E-state index < -0.39 is 0 Å². The van der Waals surface area contributed by atoms with Gasteiger partial charge in [0, 0.05) is 6.04 Å². The third-order valence-electron chi connectivity index (χ3n) is 3.24. The van der Waals surface area contributed by atoms with Crippen LogP contribution in [0.15, 0.2) is 18.2 Å². The van der Waals surface area contributed by atoms with Crippen LogP contribution in [0.3, 0.4) is 0 Å². The second-order valence-corrected chi connectivity index (χ2v) is 4.23. The molecule has 1 nitrogen and oxygen atoms in total. The Morgan fingerprint density at radius 2 is 2.07 bits per heavy atom. The van der Waals surface area contributed by atoms with Crippen molar-refractivity contribution >= 4 is 12.4 Å². The molecule has 0 aliphatic heterocycles. The maximum Gasteiger partial charge on any atom is 0.126 e. The molecule has 0 heterocycles. The minimum Gasteiger partial charge on any atom is -0.324 e. The Balaban J connectivity index is 0.00000112. The zero-order chi connectivity index (χ0) is 10.1. The van der Waals surface area contributed by atoms with Crippen molar-refractivity contribution in [2.24, 2.45) is 11.7 Å². The molecular formula is C12H17ClFN. The highest BCUT2D eigenvalue weighted by atomic mass is 35.5. The fourth-order valence-corrected chi connectivity index (χ4v) is 1.89. The summed E-state index contributed by atoms with van der Waals surface area (Å²) in [5.74, 6) is 0.425. The monoisotopic (exact) mass is 229 g/mol. The Morgan fingerprint density at radius 3 is 2.53 bits per heavy atom. The molecule has 0 aromatic heterocycles. The average Bonchev–Trinajstić information content (AvgIpc) is 2.06. The van der Waals surface area contributed by atoms with Gasteiger partial charge in [0.05, 0.1) is 0 Å². The van der Waals surface area contributed by atoms with Gasteiger partial charge in [0.25, 0.3) is 0 Å². The summed E-state index contributed by atoms with van der Waals surface area (Å²) in [6.45, 7) is 1.77. The summed E-state index contributed by atoms with van der Waals surface area (Å²) in [6, 6.07) is 5.36. The van der Waals surface area contributed by atoms with E-state index in [1.807, 2.05) is 12.1 Å². The molecule has 0 spiro atoms. The number of hydrogen-bond donors (Lipinski definition) is 1. The molecule has 3 heteroatoms. The third-order valence-corrected chi connectivity index (χ3v) is 3.24. The van der Waals surface area contributed by atoms with E-state index in [2.05, 4.69) is 0 Å². The first kappa shape index (κ1) is 12.5. The maximum absolute atomic E-state index is 13.3. The molecule has 84 valence electrons. The standard InChI is InChI=1S/C12H16FN.ClH/c1-8-5-6-10(7-11(8)13)12(14)9-3-2-4-9;/h5-7,9,12H,2-4,14H2,1H3;1H/t12-;/m0./s1. The highest BCUT2D eigenvalue weighted by Crippen LogP contribution is 2.36. The van der Waals surface area contributed by atoms with Crippen molar-refractivity contribution in [2.45, 2.75) is 32.2 Å². The van der Waals surface area contributed by atoms with Gasteiger partial charge in [-0.2, -0.15) is 0 Å². The fourth-order valence-electron chi connectivity index (χ4n) is 1.89. The minimum absolute atomic E-state index is 0. The van der Waals surface area contributed by atoms with Crippen molar-refractivity contribution in [1.82, 2.24) is 0 Å². The van der Waals surface area contributed by atoms with E-state index in [1.54, 1.807) is 13.0 Å². The van der Waals surface area contributed by atoms with Crippen LogP contribution in [0.25, 0.3) is 0 Å². The first-order valence-electron chi connectivity index (χ1n) is 5.20. The molecule has 1 aliphatic rings. The summed E-state index contributed by atoms with van der Waals surface area (Å²) in [4.78, 5) is 0. The van der Waals surface area contributed by atoms with Crippen molar-refractivity contribution < 1.29 is 4.39 Å². The Morgan fingerprint density at radius 1 is 1.40 bits per heavy atom. The van der Waals surface area contributed by atoms with E-state index in [-0.39, 0.29) is 24.3 Å². The van der Waals surface area contributed by atoms with E-state index in [0.717, 1.165) is 5.56 Å². The highest BCUT2D eigenvalue weighted by Gasteiger charge is 2.25. The molecule has 2 N–H and O–H groups in total. The molecular weight excluding hydrogens is 213 g/mol. The Kier molecular flexibility index (Phi) is 4.12. The molecule has 0 radical (unpaired) electrons. The lowest BCUT2D eigenvalue weighted by Crippen LogP contribution is -2.26. The molecule has 1 aromatic carbocycles. The van der Waals surface area contributed by atoms with Gasteiger partial charge in [0.1, 0.15) is 5.82 Å². The summed E-state index contributed by atoms with van der Waals surface area (Å²) in [5, 5.41) is 0. The van der Waals surface area contributed by atoms with E-state index >= 15 is 0 Å². The summed E-state index contributed by atoms with van der Waals surface area (Å²) in [5.41, 5.74) is 7.68. The predicted molar refractivity (Wildman–Crippen MR) is 62.7 cm³/mol. The lowest BCUT2D eigenvalue weighted by molar-refractivity contribution is 0.264. The van der Waals surface area contributed by atoms with Gasteiger partial charge in [-0.3, -0.25) is 0 Å². The molecule has 2 rings (SSSR count). The summed E-state index contributed by atoms with van der Waals surface area (Å²) in [6.07, 6.45) is 3.65. The van der Waals surface area contributed by atoms with Crippen LogP contribution in [-0.4, -0.2) is 0 Å². The Bertz CT molecular complexity index is 336. The molecule has 0 unspecified atom stereocenters.